The molecule has 3 rings (SSSR count). The molecule has 25 heavy (non-hydrogen) atoms. The number of benzene rings is 1. The lowest BCUT2D eigenvalue weighted by molar-refractivity contribution is -0.137. The Morgan fingerprint density at radius 3 is 2.56 bits per heavy atom. The zero-order valence-electron chi connectivity index (χ0n) is 13.8. The van der Waals surface area contributed by atoms with Crippen molar-refractivity contribution in [3.05, 3.63) is 47.7 Å². The summed E-state index contributed by atoms with van der Waals surface area (Å²) in [6.07, 6.45) is -4.41. The molecule has 1 aliphatic rings. The molecular formula is C18H19F3NO2S+. The highest BCUT2D eigenvalue weighted by Crippen LogP contribution is 2.32. The number of rotatable bonds is 3. The molecule has 0 saturated carbocycles. The van der Waals surface area contributed by atoms with Gasteiger partial charge in [-0.05, 0) is 42.1 Å². The van der Waals surface area contributed by atoms with Crippen LogP contribution in [0.15, 0.2) is 40.8 Å². The first kappa shape index (κ1) is 17.9. The molecule has 1 fully saturated rings. The van der Waals surface area contributed by atoms with Crippen LogP contribution in [0.1, 0.15) is 23.0 Å². The standard InChI is InChI=1S/C18H19F3NO2S/c1-2-25-10-8-22(9-11-25)17(23)16-7-6-15(24-16)13-4-3-5-14(12-13)18(19,20)21/h3-7,12H,2,8-11H2,1H3/q+1. The molecule has 1 aromatic heterocycles. The predicted octanol–water partition coefficient (Wildman–Crippen LogP) is 4.06. The second kappa shape index (κ2) is 7.15. The molecule has 134 valence electrons. The van der Waals surface area contributed by atoms with Crippen molar-refractivity contribution in [1.29, 1.82) is 0 Å². The Kier molecular flexibility index (Phi) is 5.13. The molecular weight excluding hydrogens is 351 g/mol. The van der Waals surface area contributed by atoms with Gasteiger partial charge in [0.2, 0.25) is 0 Å². The van der Waals surface area contributed by atoms with E-state index in [2.05, 4.69) is 6.92 Å². The maximum Gasteiger partial charge on any atom is 0.416 e. The predicted molar refractivity (Wildman–Crippen MR) is 92.7 cm³/mol. The van der Waals surface area contributed by atoms with Crippen LogP contribution in [0.5, 0.6) is 0 Å². The summed E-state index contributed by atoms with van der Waals surface area (Å²) in [4.78, 5) is 14.3. The molecule has 0 aliphatic carbocycles. The fourth-order valence-corrected chi connectivity index (χ4v) is 4.54. The molecule has 1 aromatic carbocycles. The monoisotopic (exact) mass is 370 g/mol. The second-order valence-electron chi connectivity index (χ2n) is 5.84. The van der Waals surface area contributed by atoms with Gasteiger partial charge in [0.1, 0.15) is 23.0 Å². The highest BCUT2D eigenvalue weighted by atomic mass is 32.2. The number of furan rings is 1. The molecule has 0 unspecified atom stereocenters. The van der Waals surface area contributed by atoms with E-state index in [1.54, 1.807) is 11.0 Å². The summed E-state index contributed by atoms with van der Waals surface area (Å²) in [5, 5.41) is 0. The third-order valence-electron chi connectivity index (χ3n) is 4.29. The van der Waals surface area contributed by atoms with Crippen LogP contribution in [-0.2, 0) is 17.1 Å². The van der Waals surface area contributed by atoms with Crippen LogP contribution in [0, 0.1) is 0 Å². The Morgan fingerprint density at radius 2 is 1.92 bits per heavy atom. The summed E-state index contributed by atoms with van der Waals surface area (Å²) in [6.45, 7) is 3.57. The van der Waals surface area contributed by atoms with Gasteiger partial charge in [0.15, 0.2) is 5.76 Å². The molecule has 1 aliphatic heterocycles. The summed E-state index contributed by atoms with van der Waals surface area (Å²) < 4.78 is 44.0. The number of hydrogen-bond donors (Lipinski definition) is 0. The van der Waals surface area contributed by atoms with Crippen LogP contribution in [-0.4, -0.2) is 41.2 Å². The lowest BCUT2D eigenvalue weighted by atomic mass is 10.1. The molecule has 1 amide bonds. The van der Waals surface area contributed by atoms with E-state index in [1.165, 1.54) is 18.2 Å². The minimum Gasteiger partial charge on any atom is -0.451 e. The number of carbonyl (C=O) groups excluding carboxylic acids is 1. The van der Waals surface area contributed by atoms with Gasteiger partial charge in [-0.15, -0.1) is 0 Å². The van der Waals surface area contributed by atoms with Gasteiger partial charge in [0, 0.05) is 5.56 Å². The first-order chi connectivity index (χ1) is 11.9. The molecule has 2 aromatic rings. The summed E-state index contributed by atoms with van der Waals surface area (Å²) in [7, 11) is 0.388. The zero-order valence-corrected chi connectivity index (χ0v) is 14.6. The molecule has 2 heterocycles. The number of nitrogens with zero attached hydrogens (tertiary/aromatic N) is 1. The van der Waals surface area contributed by atoms with E-state index < -0.39 is 11.7 Å². The van der Waals surface area contributed by atoms with Crippen molar-refractivity contribution < 1.29 is 22.4 Å². The van der Waals surface area contributed by atoms with Crippen molar-refractivity contribution in [3.63, 3.8) is 0 Å². The van der Waals surface area contributed by atoms with Crippen molar-refractivity contribution in [3.8, 4) is 11.3 Å². The van der Waals surface area contributed by atoms with E-state index in [9.17, 15) is 18.0 Å². The molecule has 7 heteroatoms. The van der Waals surface area contributed by atoms with Crippen LogP contribution in [0.25, 0.3) is 11.3 Å². The van der Waals surface area contributed by atoms with Gasteiger partial charge in [0.25, 0.3) is 5.91 Å². The summed E-state index contributed by atoms with van der Waals surface area (Å²) in [5.74, 6) is 3.39. The van der Waals surface area contributed by atoms with Crippen LogP contribution in [0.3, 0.4) is 0 Å². The van der Waals surface area contributed by atoms with E-state index in [-0.39, 0.29) is 17.4 Å². The fraction of sp³-hybridized carbons (Fsp3) is 0.389. The van der Waals surface area contributed by atoms with Crippen LogP contribution >= 0.6 is 0 Å². The van der Waals surface area contributed by atoms with Gasteiger partial charge in [-0.2, -0.15) is 13.2 Å². The highest BCUT2D eigenvalue weighted by molar-refractivity contribution is 7.96. The van der Waals surface area contributed by atoms with E-state index in [4.69, 9.17) is 4.42 Å². The number of amides is 1. The lowest BCUT2D eigenvalue weighted by Crippen LogP contribution is -2.44. The zero-order chi connectivity index (χ0) is 18.0. The van der Waals surface area contributed by atoms with E-state index in [0.717, 1.165) is 29.4 Å². The highest BCUT2D eigenvalue weighted by Gasteiger charge is 2.31. The Bertz CT molecular complexity index is 749. The minimum absolute atomic E-state index is 0.172. The SMILES string of the molecule is CC[S+]1CCN(C(=O)c2ccc(-c3cccc(C(F)(F)F)c3)o2)CC1. The van der Waals surface area contributed by atoms with Gasteiger partial charge in [0.05, 0.1) is 18.7 Å². The van der Waals surface area contributed by atoms with Crippen LogP contribution in [0.2, 0.25) is 0 Å². The lowest BCUT2D eigenvalue weighted by Gasteiger charge is -2.25. The first-order valence-corrected chi connectivity index (χ1v) is 9.82. The molecule has 0 spiro atoms. The Hall–Kier alpha value is -1.89. The smallest absolute Gasteiger partial charge is 0.416 e. The third kappa shape index (κ3) is 4.03. The molecule has 0 radical (unpaired) electrons. The Balaban J connectivity index is 1.76. The molecule has 3 nitrogen and oxygen atoms in total. The normalized spacial score (nSPS) is 16.2. The minimum atomic E-state index is -4.41. The Labute approximate surface area is 147 Å². The topological polar surface area (TPSA) is 33.5 Å². The molecule has 0 bridgehead atoms. The summed E-state index contributed by atoms with van der Waals surface area (Å²) >= 11 is 0. The summed E-state index contributed by atoms with van der Waals surface area (Å²) in [6, 6.07) is 7.99. The van der Waals surface area contributed by atoms with Crippen molar-refractivity contribution in [1.82, 2.24) is 4.90 Å². The van der Waals surface area contributed by atoms with Gasteiger partial charge in [-0.3, -0.25) is 4.79 Å². The third-order valence-corrected chi connectivity index (χ3v) is 6.62. The van der Waals surface area contributed by atoms with E-state index >= 15 is 0 Å². The van der Waals surface area contributed by atoms with Crippen molar-refractivity contribution in [2.45, 2.75) is 13.1 Å². The number of halogens is 3. The molecule has 0 N–H and O–H groups in total. The first-order valence-electron chi connectivity index (χ1n) is 8.09. The van der Waals surface area contributed by atoms with Gasteiger partial charge < -0.3 is 9.32 Å². The quantitative estimate of drug-likeness (QED) is 0.764. The second-order valence-corrected chi connectivity index (χ2v) is 8.46. The number of hydrogen-bond acceptors (Lipinski definition) is 2. The van der Waals surface area contributed by atoms with E-state index in [0.29, 0.717) is 29.5 Å². The number of alkyl halides is 3. The van der Waals surface area contributed by atoms with Crippen LogP contribution in [0.4, 0.5) is 13.2 Å². The van der Waals surface area contributed by atoms with E-state index in [1.807, 2.05) is 0 Å². The Morgan fingerprint density at radius 1 is 1.20 bits per heavy atom. The van der Waals surface area contributed by atoms with Gasteiger partial charge in [-0.25, -0.2) is 0 Å². The van der Waals surface area contributed by atoms with Gasteiger partial charge >= 0.3 is 6.18 Å². The van der Waals surface area contributed by atoms with Gasteiger partial charge in [-0.1, -0.05) is 12.1 Å². The largest absolute Gasteiger partial charge is 0.451 e. The van der Waals surface area contributed by atoms with Crippen molar-refractivity contribution in [2.75, 3.05) is 30.3 Å². The average Bonchev–Trinajstić information content (AvgIpc) is 3.11. The maximum atomic E-state index is 12.8. The van der Waals surface area contributed by atoms with Crippen molar-refractivity contribution in [2.24, 2.45) is 0 Å². The fourth-order valence-electron chi connectivity index (χ4n) is 2.80. The summed E-state index contributed by atoms with van der Waals surface area (Å²) in [5.41, 5.74) is -0.433. The van der Waals surface area contributed by atoms with Crippen LogP contribution < -0.4 is 0 Å². The average molecular weight is 370 g/mol. The molecule has 0 atom stereocenters. The molecule has 1 saturated heterocycles. The maximum absolute atomic E-state index is 12.8. The van der Waals surface area contributed by atoms with Crippen molar-refractivity contribution >= 4 is 16.8 Å². The number of carbonyl (C=O) groups is 1.